The SMILES string of the molecule is CCc1cc2c(cc1OCc1cc(-c3c(C)cccc3C)ccc1F)CC1C(C(=O)O)C21. The van der Waals surface area contributed by atoms with Crippen LogP contribution < -0.4 is 4.74 Å². The Hall–Kier alpha value is -3.14. The van der Waals surface area contributed by atoms with Gasteiger partial charge < -0.3 is 9.84 Å². The lowest BCUT2D eigenvalue weighted by Crippen LogP contribution is -2.07. The maximum Gasteiger partial charge on any atom is 0.307 e. The van der Waals surface area contributed by atoms with Gasteiger partial charge in [0.25, 0.3) is 0 Å². The molecule has 1 N–H and O–H groups in total. The van der Waals surface area contributed by atoms with Gasteiger partial charge in [0.2, 0.25) is 0 Å². The molecule has 3 aromatic rings. The molecule has 0 radical (unpaired) electrons. The van der Waals surface area contributed by atoms with Crippen LogP contribution in [0.3, 0.4) is 0 Å². The summed E-state index contributed by atoms with van der Waals surface area (Å²) < 4.78 is 20.8. The molecule has 0 aliphatic heterocycles. The Kier molecular flexibility index (Phi) is 5.04. The van der Waals surface area contributed by atoms with Crippen LogP contribution >= 0.6 is 0 Å². The van der Waals surface area contributed by atoms with Gasteiger partial charge in [0.15, 0.2) is 0 Å². The van der Waals surface area contributed by atoms with Gasteiger partial charge in [0.1, 0.15) is 18.2 Å². The van der Waals surface area contributed by atoms with Crippen molar-refractivity contribution in [2.45, 2.75) is 46.1 Å². The molecule has 164 valence electrons. The van der Waals surface area contributed by atoms with Gasteiger partial charge in [0, 0.05) is 11.5 Å². The predicted octanol–water partition coefficient (Wildman–Crippen LogP) is 6.22. The first-order chi connectivity index (χ1) is 15.4. The Morgan fingerprint density at radius 1 is 1.09 bits per heavy atom. The molecule has 0 aromatic heterocycles. The van der Waals surface area contributed by atoms with E-state index in [1.165, 1.54) is 11.6 Å². The number of benzene rings is 3. The van der Waals surface area contributed by atoms with E-state index in [1.54, 1.807) is 0 Å². The minimum atomic E-state index is -0.691. The van der Waals surface area contributed by atoms with Crippen molar-refractivity contribution in [2.75, 3.05) is 0 Å². The van der Waals surface area contributed by atoms with Crippen LogP contribution in [0.5, 0.6) is 5.75 Å². The number of rotatable bonds is 6. The molecule has 1 saturated carbocycles. The van der Waals surface area contributed by atoms with E-state index in [0.29, 0.717) is 5.56 Å². The molecule has 32 heavy (non-hydrogen) atoms. The summed E-state index contributed by atoms with van der Waals surface area (Å²) in [7, 11) is 0. The molecule has 3 atom stereocenters. The van der Waals surface area contributed by atoms with Gasteiger partial charge >= 0.3 is 5.97 Å². The maximum atomic E-state index is 14.6. The fraction of sp³-hybridized carbons (Fsp3) is 0.321. The van der Waals surface area contributed by atoms with E-state index in [9.17, 15) is 14.3 Å². The molecule has 0 bridgehead atoms. The van der Waals surface area contributed by atoms with Crippen molar-refractivity contribution in [1.29, 1.82) is 0 Å². The third-order valence-corrected chi connectivity index (χ3v) is 7.17. The van der Waals surface area contributed by atoms with Crippen molar-refractivity contribution in [3.05, 3.63) is 87.7 Å². The molecular formula is C28H27FO3. The first-order valence-corrected chi connectivity index (χ1v) is 11.2. The molecule has 0 saturated heterocycles. The number of carboxylic acid groups (broad SMARTS) is 1. The van der Waals surface area contributed by atoms with Gasteiger partial charge in [-0.3, -0.25) is 4.79 Å². The highest BCUT2D eigenvalue weighted by Gasteiger charge is 2.59. The minimum Gasteiger partial charge on any atom is -0.489 e. The molecule has 2 aliphatic carbocycles. The second-order valence-corrected chi connectivity index (χ2v) is 9.13. The van der Waals surface area contributed by atoms with Crippen LogP contribution in [0.1, 0.15) is 46.2 Å². The zero-order chi connectivity index (χ0) is 22.6. The lowest BCUT2D eigenvalue weighted by Gasteiger charge is -2.16. The topological polar surface area (TPSA) is 46.5 Å². The Morgan fingerprint density at radius 2 is 1.84 bits per heavy atom. The van der Waals surface area contributed by atoms with E-state index in [0.717, 1.165) is 52.0 Å². The van der Waals surface area contributed by atoms with E-state index in [1.807, 2.05) is 24.3 Å². The number of fused-ring (bicyclic) bond motifs is 3. The summed E-state index contributed by atoms with van der Waals surface area (Å²) >= 11 is 0. The Labute approximate surface area is 187 Å². The van der Waals surface area contributed by atoms with Crippen LogP contribution in [0.25, 0.3) is 11.1 Å². The molecule has 4 heteroatoms. The molecule has 0 amide bonds. The van der Waals surface area contributed by atoms with Crippen molar-refractivity contribution in [1.82, 2.24) is 0 Å². The number of carbonyl (C=O) groups is 1. The summed E-state index contributed by atoms with van der Waals surface area (Å²) in [5.41, 5.74) is 8.36. The molecule has 5 rings (SSSR count). The van der Waals surface area contributed by atoms with Crippen molar-refractivity contribution >= 4 is 5.97 Å². The van der Waals surface area contributed by atoms with Gasteiger partial charge in [-0.2, -0.15) is 0 Å². The van der Waals surface area contributed by atoms with Crippen molar-refractivity contribution < 1.29 is 19.0 Å². The number of aliphatic carboxylic acids is 1. The highest BCUT2D eigenvalue weighted by molar-refractivity contribution is 5.78. The maximum absolute atomic E-state index is 14.6. The van der Waals surface area contributed by atoms with Crippen molar-refractivity contribution in [3.8, 4) is 16.9 Å². The summed E-state index contributed by atoms with van der Waals surface area (Å²) in [6.45, 7) is 6.35. The molecule has 3 unspecified atom stereocenters. The summed E-state index contributed by atoms with van der Waals surface area (Å²) in [4.78, 5) is 11.4. The summed E-state index contributed by atoms with van der Waals surface area (Å²) in [5.74, 6) is -0.0627. The van der Waals surface area contributed by atoms with E-state index in [2.05, 4.69) is 39.0 Å². The third-order valence-electron chi connectivity index (χ3n) is 7.17. The summed E-state index contributed by atoms with van der Waals surface area (Å²) in [6, 6.07) is 15.6. The number of ether oxygens (including phenoxy) is 1. The Balaban J connectivity index is 1.40. The van der Waals surface area contributed by atoms with E-state index >= 15 is 0 Å². The highest BCUT2D eigenvalue weighted by atomic mass is 19.1. The van der Waals surface area contributed by atoms with Gasteiger partial charge in [-0.1, -0.05) is 37.3 Å². The highest BCUT2D eigenvalue weighted by Crippen LogP contribution is 2.62. The van der Waals surface area contributed by atoms with Gasteiger partial charge in [0.05, 0.1) is 5.92 Å². The van der Waals surface area contributed by atoms with Gasteiger partial charge in [-0.15, -0.1) is 0 Å². The lowest BCUT2D eigenvalue weighted by atomic mass is 9.94. The summed E-state index contributed by atoms with van der Waals surface area (Å²) in [6.07, 6.45) is 1.57. The van der Waals surface area contributed by atoms with Crippen molar-refractivity contribution in [3.63, 3.8) is 0 Å². The lowest BCUT2D eigenvalue weighted by molar-refractivity contribution is -0.139. The molecule has 2 aliphatic rings. The summed E-state index contributed by atoms with van der Waals surface area (Å²) in [5, 5.41) is 9.38. The molecule has 0 spiro atoms. The smallest absolute Gasteiger partial charge is 0.307 e. The first kappa shape index (κ1) is 20.7. The fourth-order valence-corrected chi connectivity index (χ4v) is 5.49. The van der Waals surface area contributed by atoms with Crippen LogP contribution in [0, 0.1) is 31.5 Å². The predicted molar refractivity (Wildman–Crippen MR) is 123 cm³/mol. The third kappa shape index (κ3) is 3.38. The molecule has 3 aromatic carbocycles. The number of aryl methyl sites for hydroxylation is 3. The normalized spacial score (nSPS) is 20.6. The Bertz CT molecular complexity index is 1210. The number of halogens is 1. The molecule has 3 nitrogen and oxygen atoms in total. The zero-order valence-electron chi connectivity index (χ0n) is 18.6. The van der Waals surface area contributed by atoms with E-state index < -0.39 is 5.97 Å². The standard InChI is InChI=1S/C28H27FO3/c1-4-17-11-21-19(12-22-26(21)27(22)28(30)31)13-24(17)32-14-20-10-18(8-9-23(20)29)25-15(2)6-5-7-16(25)3/h5-11,13,22,26-27H,4,12,14H2,1-3H3,(H,30,31). The average molecular weight is 431 g/mol. The van der Waals surface area contributed by atoms with Gasteiger partial charge in [-0.05, 0) is 89.8 Å². The number of hydrogen-bond donors (Lipinski definition) is 1. The minimum absolute atomic E-state index is 0.147. The second kappa shape index (κ2) is 7.77. The quantitative estimate of drug-likeness (QED) is 0.505. The van der Waals surface area contributed by atoms with Crippen LogP contribution in [-0.2, 0) is 24.2 Å². The van der Waals surface area contributed by atoms with E-state index in [4.69, 9.17) is 4.74 Å². The Morgan fingerprint density at radius 3 is 2.53 bits per heavy atom. The van der Waals surface area contributed by atoms with Gasteiger partial charge in [-0.25, -0.2) is 4.39 Å². The largest absolute Gasteiger partial charge is 0.489 e. The zero-order valence-corrected chi connectivity index (χ0v) is 18.6. The van der Waals surface area contributed by atoms with Crippen LogP contribution in [0.2, 0.25) is 0 Å². The van der Waals surface area contributed by atoms with Crippen LogP contribution in [-0.4, -0.2) is 11.1 Å². The van der Waals surface area contributed by atoms with Crippen LogP contribution in [0.15, 0.2) is 48.5 Å². The van der Waals surface area contributed by atoms with E-state index in [-0.39, 0.29) is 30.2 Å². The number of hydrogen-bond acceptors (Lipinski definition) is 2. The van der Waals surface area contributed by atoms with Crippen molar-refractivity contribution in [2.24, 2.45) is 11.8 Å². The fourth-order valence-electron chi connectivity index (χ4n) is 5.49. The average Bonchev–Trinajstić information content (AvgIpc) is 3.37. The monoisotopic (exact) mass is 430 g/mol. The molecule has 1 fully saturated rings. The first-order valence-electron chi connectivity index (χ1n) is 11.2. The second-order valence-electron chi connectivity index (χ2n) is 9.13. The number of carboxylic acids is 1. The van der Waals surface area contributed by atoms with Crippen LogP contribution in [0.4, 0.5) is 4.39 Å². The molecule has 0 heterocycles. The molecular weight excluding hydrogens is 403 g/mol.